The normalized spacial score (nSPS) is 13.7. The van der Waals surface area contributed by atoms with E-state index in [1.165, 1.54) is 25.7 Å². The Balaban J connectivity index is 3.02. The first-order valence-corrected chi connectivity index (χ1v) is 11.4. The summed E-state index contributed by atoms with van der Waals surface area (Å²) in [6.45, 7) is 4.48. The van der Waals surface area contributed by atoms with Crippen molar-refractivity contribution in [3.8, 4) is 0 Å². The Bertz CT molecular complexity index is 80.8. The summed E-state index contributed by atoms with van der Waals surface area (Å²) in [6, 6.07) is 0.635. The zero-order chi connectivity index (χ0) is 8.53. The first-order chi connectivity index (χ1) is 5.31. The Kier molecular flexibility index (Phi) is 10.7. The molecule has 0 spiro atoms. The molecule has 0 amide bonds. The summed E-state index contributed by atoms with van der Waals surface area (Å²) in [5.74, 6) is 0. The van der Waals surface area contributed by atoms with Crippen molar-refractivity contribution in [3.05, 3.63) is 0 Å². The Morgan fingerprint density at radius 2 is 2.18 bits per heavy atom. The van der Waals surface area contributed by atoms with Gasteiger partial charge in [0.1, 0.15) is 0 Å². The number of nitrogens with one attached hydrogen (secondary N) is 2. The fourth-order valence-corrected chi connectivity index (χ4v) is 2.33. The van der Waals surface area contributed by atoms with E-state index in [4.69, 9.17) is 0 Å². The Morgan fingerprint density at radius 3 is 2.73 bits per heavy atom. The number of rotatable bonds is 7. The van der Waals surface area contributed by atoms with Crippen LogP contribution in [0.4, 0.5) is 0 Å². The van der Waals surface area contributed by atoms with Crippen LogP contribution in [0.2, 0.25) is 0 Å². The van der Waals surface area contributed by atoms with Gasteiger partial charge in [0.2, 0.25) is 0 Å². The average molecular weight is 383 g/mol. The quantitative estimate of drug-likeness (QED) is 0.266. The van der Waals surface area contributed by atoms with E-state index in [1.807, 2.05) is 0 Å². The van der Waals surface area contributed by atoms with Crippen LogP contribution in [0.25, 0.3) is 0 Å². The van der Waals surface area contributed by atoms with Gasteiger partial charge in [-0.2, -0.15) is 0 Å². The van der Waals surface area contributed by atoms with Crippen molar-refractivity contribution in [2.45, 2.75) is 45.6 Å². The third kappa shape index (κ3) is 9.29. The molecule has 0 heterocycles. The van der Waals surface area contributed by atoms with Gasteiger partial charge in [-0.1, -0.05) is 0 Å². The zero-order valence-corrected chi connectivity index (χ0v) is 11.5. The molecule has 70 valence electrons. The van der Waals surface area contributed by atoms with E-state index in [0.717, 1.165) is 0 Å². The summed E-state index contributed by atoms with van der Waals surface area (Å²) in [5, 5.41) is 0. The van der Waals surface area contributed by atoms with Gasteiger partial charge in [0, 0.05) is 0 Å². The molecule has 0 aromatic carbocycles. The van der Waals surface area contributed by atoms with Crippen LogP contribution in [-0.4, -0.2) is 6.04 Å². The fraction of sp³-hybridized carbons (Fsp3) is 1.00. The second-order valence-corrected chi connectivity index (χ2v) is 6.39. The van der Waals surface area contributed by atoms with E-state index in [1.54, 1.807) is 0 Å². The van der Waals surface area contributed by atoms with Gasteiger partial charge >= 0.3 is 90.8 Å². The van der Waals surface area contributed by atoms with Gasteiger partial charge in [-0.25, -0.2) is 0 Å². The summed E-state index contributed by atoms with van der Waals surface area (Å²) < 4.78 is 3.22. The summed E-state index contributed by atoms with van der Waals surface area (Å²) in [6.07, 6.45) is 5.33. The van der Waals surface area contributed by atoms with Gasteiger partial charge in [0.15, 0.2) is 0 Å². The second-order valence-electron chi connectivity index (χ2n) is 2.71. The minimum atomic E-state index is 0.163. The monoisotopic (exact) mass is 383 g/mol. The summed E-state index contributed by atoms with van der Waals surface area (Å²) in [4.78, 5) is 0. The van der Waals surface area contributed by atoms with Crippen molar-refractivity contribution in [2.24, 2.45) is 0 Å². The summed E-state index contributed by atoms with van der Waals surface area (Å²) >= 11 is 2.57. The summed E-state index contributed by atoms with van der Waals surface area (Å²) in [7, 11) is 0. The molecule has 0 aliphatic heterocycles. The van der Waals surface area contributed by atoms with Crippen molar-refractivity contribution in [2.75, 3.05) is 0 Å². The van der Waals surface area contributed by atoms with Crippen LogP contribution in [0, 0.1) is 0 Å². The molecule has 11 heavy (non-hydrogen) atoms. The molecule has 2 nitrogen and oxygen atoms in total. The van der Waals surface area contributed by atoms with Crippen molar-refractivity contribution < 1.29 is 17.5 Å². The van der Waals surface area contributed by atoms with Crippen LogP contribution in [0.5, 0.6) is 0 Å². The Hall–Kier alpha value is 1.38. The molecule has 0 aliphatic rings. The van der Waals surface area contributed by atoms with Gasteiger partial charge in [0.05, 0.1) is 0 Å². The van der Waals surface area contributed by atoms with Crippen molar-refractivity contribution in [1.29, 1.82) is 0 Å². The van der Waals surface area contributed by atoms with Gasteiger partial charge in [-0.3, -0.25) is 0 Å². The number of hydrogen-bond donors (Lipinski definition) is 2. The van der Waals surface area contributed by atoms with E-state index in [0.29, 0.717) is 6.04 Å². The molecular formula is C7H17I2N2-. The number of unbranched alkanes of at least 4 members (excludes halogenated alkanes) is 2. The van der Waals surface area contributed by atoms with E-state index in [9.17, 15) is 0 Å². The van der Waals surface area contributed by atoms with E-state index in [-0.39, 0.29) is 17.5 Å². The van der Waals surface area contributed by atoms with Gasteiger partial charge in [-0.15, -0.1) is 0 Å². The molecule has 0 fully saturated rings. The van der Waals surface area contributed by atoms with Crippen molar-refractivity contribution >= 4 is 18.6 Å². The van der Waals surface area contributed by atoms with Crippen LogP contribution in [0.3, 0.4) is 0 Å². The standard InChI is InChI=1S/C7H17I2N2/c1-3-4-5-6-7(2)10-11-9-8/h7,10-11H,3-6H2,1-2H3/q-1. The molecule has 4 heteroatoms. The molecular weight excluding hydrogens is 366 g/mol. The first kappa shape index (κ1) is 12.4. The molecule has 0 radical (unpaired) electrons. The SMILES string of the molecule is CCCCCC(C)NN[I-]I. The van der Waals surface area contributed by atoms with Crippen LogP contribution in [0.1, 0.15) is 39.5 Å². The molecule has 1 unspecified atom stereocenters. The van der Waals surface area contributed by atoms with E-state index < -0.39 is 0 Å². The van der Waals surface area contributed by atoms with Crippen LogP contribution in [-0.2, 0) is 0 Å². The fourth-order valence-electron chi connectivity index (χ4n) is 0.886. The van der Waals surface area contributed by atoms with Crippen LogP contribution < -0.4 is 26.6 Å². The zero-order valence-electron chi connectivity index (χ0n) is 7.16. The van der Waals surface area contributed by atoms with Crippen LogP contribution >= 0.6 is 18.6 Å². The van der Waals surface area contributed by atoms with Gasteiger partial charge < -0.3 is 0 Å². The third-order valence-electron chi connectivity index (χ3n) is 1.58. The van der Waals surface area contributed by atoms with Gasteiger partial charge in [0.25, 0.3) is 0 Å². The van der Waals surface area contributed by atoms with E-state index in [2.05, 4.69) is 41.5 Å². The van der Waals surface area contributed by atoms with Gasteiger partial charge in [-0.05, 0) is 0 Å². The summed E-state index contributed by atoms with van der Waals surface area (Å²) in [5.41, 5.74) is 3.28. The number of halogens is 2. The Morgan fingerprint density at radius 1 is 1.45 bits per heavy atom. The molecule has 0 saturated carbocycles. The molecule has 0 saturated heterocycles. The van der Waals surface area contributed by atoms with Crippen molar-refractivity contribution in [3.63, 3.8) is 0 Å². The minimum absolute atomic E-state index is 0.163. The first-order valence-electron chi connectivity index (χ1n) is 4.06. The Labute approximate surface area is 90.0 Å². The molecule has 0 bridgehead atoms. The molecule has 2 N–H and O–H groups in total. The maximum absolute atomic E-state index is 3.28. The van der Waals surface area contributed by atoms with Crippen molar-refractivity contribution in [1.82, 2.24) is 9.06 Å². The van der Waals surface area contributed by atoms with E-state index >= 15 is 0 Å². The molecule has 0 aromatic heterocycles. The maximum atomic E-state index is 3.28. The molecule has 1 atom stereocenters. The van der Waals surface area contributed by atoms with Crippen LogP contribution in [0.15, 0.2) is 0 Å². The topological polar surface area (TPSA) is 24.1 Å². The molecule has 0 aliphatic carbocycles. The number of hydrogen-bond acceptors (Lipinski definition) is 2. The molecule has 0 aromatic rings. The number of hydrazine groups is 1. The molecule has 0 rings (SSSR count). The predicted molar refractivity (Wildman–Crippen MR) is 53.9 cm³/mol. The second kappa shape index (κ2) is 9.47. The average Bonchev–Trinajstić information content (AvgIpc) is 2.01. The predicted octanol–water partition coefficient (Wildman–Crippen LogP) is -0.597. The third-order valence-corrected chi connectivity index (χ3v) is 3.46.